The van der Waals surface area contributed by atoms with Crippen LogP contribution in [0.5, 0.6) is 0 Å². The molecule has 0 spiro atoms. The van der Waals surface area contributed by atoms with Gasteiger partial charge in [0.2, 0.25) is 0 Å². The summed E-state index contributed by atoms with van der Waals surface area (Å²) in [5, 5.41) is 1.13. The molecule has 0 aromatic heterocycles. The van der Waals surface area contributed by atoms with Crippen molar-refractivity contribution in [3.8, 4) is 0 Å². The van der Waals surface area contributed by atoms with Gasteiger partial charge in [0.15, 0.2) is 0 Å². The van der Waals surface area contributed by atoms with Crippen molar-refractivity contribution >= 4 is 40.8 Å². The van der Waals surface area contributed by atoms with Crippen LogP contribution in [0.1, 0.15) is 58.4 Å². The summed E-state index contributed by atoms with van der Waals surface area (Å²) in [5.74, 6) is 0. The SMILES string of the molecule is CC(C)(C)[S+]([O-])/N=C/C1(c2ccc(Cl)c(Cl)c2)CCCCC1. The molecule has 0 bridgehead atoms. The Morgan fingerprint density at radius 2 is 1.77 bits per heavy atom. The van der Waals surface area contributed by atoms with Crippen LogP contribution in [0.25, 0.3) is 0 Å². The molecule has 1 aromatic rings. The summed E-state index contributed by atoms with van der Waals surface area (Å²) in [4.78, 5) is 0. The van der Waals surface area contributed by atoms with Crippen LogP contribution in [0, 0.1) is 0 Å². The maximum atomic E-state index is 12.3. The molecular formula is C17H23Cl2NOS. The Bertz CT molecular complexity index is 548. The van der Waals surface area contributed by atoms with Crippen LogP contribution in [0.3, 0.4) is 0 Å². The van der Waals surface area contributed by atoms with Gasteiger partial charge in [0.05, 0.1) is 16.3 Å². The first-order valence-corrected chi connectivity index (χ1v) is 9.54. The van der Waals surface area contributed by atoms with Gasteiger partial charge in [-0.3, -0.25) is 0 Å². The number of halogens is 2. The van der Waals surface area contributed by atoms with E-state index < -0.39 is 11.4 Å². The van der Waals surface area contributed by atoms with Crippen molar-refractivity contribution in [3.05, 3.63) is 33.8 Å². The van der Waals surface area contributed by atoms with Gasteiger partial charge in [-0.15, -0.1) is 0 Å². The predicted octanol–water partition coefficient (Wildman–Crippen LogP) is 5.73. The fourth-order valence-corrected chi connectivity index (χ4v) is 3.70. The zero-order valence-electron chi connectivity index (χ0n) is 13.4. The maximum absolute atomic E-state index is 12.3. The van der Waals surface area contributed by atoms with E-state index in [4.69, 9.17) is 23.2 Å². The molecular weight excluding hydrogens is 337 g/mol. The van der Waals surface area contributed by atoms with Crippen LogP contribution in [0.2, 0.25) is 10.0 Å². The van der Waals surface area contributed by atoms with Crippen LogP contribution >= 0.6 is 23.2 Å². The first-order chi connectivity index (χ1) is 10.2. The summed E-state index contributed by atoms with van der Waals surface area (Å²) in [6, 6.07) is 5.79. The van der Waals surface area contributed by atoms with Gasteiger partial charge < -0.3 is 4.55 Å². The minimum Gasteiger partial charge on any atom is -0.591 e. The van der Waals surface area contributed by atoms with Gasteiger partial charge in [0.1, 0.15) is 16.1 Å². The molecule has 122 valence electrons. The van der Waals surface area contributed by atoms with Gasteiger partial charge in [-0.05, 0) is 51.3 Å². The van der Waals surface area contributed by atoms with E-state index in [1.807, 2.05) is 45.2 Å². The van der Waals surface area contributed by atoms with E-state index in [1.165, 1.54) is 6.42 Å². The summed E-state index contributed by atoms with van der Waals surface area (Å²) in [6.45, 7) is 5.81. The highest BCUT2D eigenvalue weighted by molar-refractivity contribution is 7.91. The number of rotatable bonds is 3. The maximum Gasteiger partial charge on any atom is 0.144 e. The van der Waals surface area contributed by atoms with Crippen molar-refractivity contribution in [1.29, 1.82) is 0 Å². The van der Waals surface area contributed by atoms with E-state index in [1.54, 1.807) is 0 Å². The van der Waals surface area contributed by atoms with E-state index >= 15 is 0 Å². The summed E-state index contributed by atoms with van der Waals surface area (Å²) < 4.78 is 16.3. The fourth-order valence-electron chi connectivity index (χ4n) is 2.79. The second-order valence-corrected chi connectivity index (χ2v) is 9.69. The number of hydrogen-bond donors (Lipinski definition) is 0. The topological polar surface area (TPSA) is 35.4 Å². The van der Waals surface area contributed by atoms with Gasteiger partial charge >= 0.3 is 0 Å². The number of nitrogens with zero attached hydrogens (tertiary/aromatic N) is 1. The fraction of sp³-hybridized carbons (Fsp3) is 0.588. The molecule has 0 radical (unpaired) electrons. The number of benzene rings is 1. The lowest BCUT2D eigenvalue weighted by atomic mass is 9.70. The smallest absolute Gasteiger partial charge is 0.144 e. The molecule has 0 N–H and O–H groups in total. The van der Waals surface area contributed by atoms with Crippen molar-refractivity contribution in [3.63, 3.8) is 0 Å². The van der Waals surface area contributed by atoms with Crippen molar-refractivity contribution in [1.82, 2.24) is 0 Å². The van der Waals surface area contributed by atoms with Crippen molar-refractivity contribution in [2.75, 3.05) is 0 Å². The van der Waals surface area contributed by atoms with Gasteiger partial charge in [-0.2, -0.15) is 0 Å². The summed E-state index contributed by atoms with van der Waals surface area (Å²) in [7, 11) is 0. The molecule has 1 unspecified atom stereocenters. The van der Waals surface area contributed by atoms with Crippen LogP contribution < -0.4 is 0 Å². The Morgan fingerprint density at radius 3 is 2.32 bits per heavy atom. The van der Waals surface area contributed by atoms with Gasteiger partial charge in [0, 0.05) is 5.41 Å². The molecule has 1 aliphatic carbocycles. The molecule has 1 atom stereocenters. The minimum atomic E-state index is -1.24. The zero-order valence-corrected chi connectivity index (χ0v) is 15.7. The van der Waals surface area contributed by atoms with Crippen molar-refractivity contribution in [2.45, 2.75) is 63.0 Å². The Morgan fingerprint density at radius 1 is 1.14 bits per heavy atom. The summed E-state index contributed by atoms with van der Waals surface area (Å²) in [5.41, 5.74) is 0.948. The first-order valence-electron chi connectivity index (χ1n) is 7.67. The standard InChI is InChI=1S/C17H23Cl2NOS/c1-16(2,3)22(21)20-12-17(9-5-4-6-10-17)13-7-8-14(18)15(19)11-13/h7-8,11-12H,4-6,9-10H2,1-3H3/b20-12+. The van der Waals surface area contributed by atoms with Crippen molar-refractivity contribution < 1.29 is 4.55 Å². The van der Waals surface area contributed by atoms with E-state index in [-0.39, 0.29) is 10.2 Å². The van der Waals surface area contributed by atoms with E-state index in [0.29, 0.717) is 10.0 Å². The highest BCUT2D eigenvalue weighted by atomic mass is 35.5. The van der Waals surface area contributed by atoms with Crippen LogP contribution in [-0.2, 0) is 16.8 Å². The highest BCUT2D eigenvalue weighted by Gasteiger charge is 2.35. The lowest BCUT2D eigenvalue weighted by Crippen LogP contribution is -2.33. The molecule has 2 rings (SSSR count). The molecule has 1 fully saturated rings. The third-order valence-corrected chi connectivity index (χ3v) is 6.24. The molecule has 1 aromatic carbocycles. The molecule has 22 heavy (non-hydrogen) atoms. The Kier molecular flexibility index (Phi) is 5.87. The first kappa shape index (κ1) is 18.1. The Hall–Kier alpha value is -0.220. The molecule has 1 saturated carbocycles. The quantitative estimate of drug-likeness (QED) is 0.501. The van der Waals surface area contributed by atoms with Gasteiger partial charge in [-0.1, -0.05) is 52.9 Å². The largest absolute Gasteiger partial charge is 0.591 e. The average molecular weight is 360 g/mol. The minimum absolute atomic E-state index is 0.173. The molecule has 0 amide bonds. The molecule has 1 aliphatic rings. The second-order valence-electron chi connectivity index (χ2n) is 6.94. The molecule has 0 heterocycles. The van der Waals surface area contributed by atoms with E-state index in [0.717, 1.165) is 31.2 Å². The summed E-state index contributed by atoms with van der Waals surface area (Å²) >= 11 is 11.0. The van der Waals surface area contributed by atoms with E-state index in [2.05, 4.69) is 4.40 Å². The third kappa shape index (κ3) is 4.19. The molecule has 0 saturated heterocycles. The monoisotopic (exact) mass is 359 g/mol. The zero-order chi connectivity index (χ0) is 16.4. The normalized spacial score (nSPS) is 20.3. The predicted molar refractivity (Wildman–Crippen MR) is 97.6 cm³/mol. The lowest BCUT2D eigenvalue weighted by Gasteiger charge is -2.34. The third-order valence-electron chi connectivity index (χ3n) is 4.16. The lowest BCUT2D eigenvalue weighted by molar-refractivity contribution is 0.386. The highest BCUT2D eigenvalue weighted by Crippen LogP contribution is 2.40. The van der Waals surface area contributed by atoms with Crippen LogP contribution in [-0.4, -0.2) is 15.5 Å². The Balaban J connectivity index is 2.35. The van der Waals surface area contributed by atoms with Gasteiger partial charge in [0.25, 0.3) is 0 Å². The molecule has 2 nitrogen and oxygen atoms in total. The van der Waals surface area contributed by atoms with Gasteiger partial charge in [-0.25, -0.2) is 0 Å². The number of hydrogen-bond acceptors (Lipinski definition) is 2. The molecule has 0 aliphatic heterocycles. The van der Waals surface area contributed by atoms with Crippen LogP contribution in [0.4, 0.5) is 0 Å². The van der Waals surface area contributed by atoms with Crippen molar-refractivity contribution in [2.24, 2.45) is 4.40 Å². The molecule has 5 heteroatoms. The summed E-state index contributed by atoms with van der Waals surface area (Å²) in [6.07, 6.45) is 7.46. The van der Waals surface area contributed by atoms with Crippen LogP contribution in [0.15, 0.2) is 22.6 Å². The second kappa shape index (κ2) is 7.12. The van der Waals surface area contributed by atoms with E-state index in [9.17, 15) is 4.55 Å². The average Bonchev–Trinajstić information content (AvgIpc) is 2.47. The Labute approximate surface area is 146 Å².